The number of para-hydroxylation sites is 1. The molecule has 0 unspecified atom stereocenters. The molecule has 0 radical (unpaired) electrons. The molecule has 5 heteroatoms. The second-order valence-electron chi connectivity index (χ2n) is 27.7. The van der Waals surface area contributed by atoms with Crippen molar-refractivity contribution in [3.63, 3.8) is 0 Å². The average Bonchev–Trinajstić information content (AvgIpc) is 3.88. The summed E-state index contributed by atoms with van der Waals surface area (Å²) >= 11 is 0. The van der Waals surface area contributed by atoms with E-state index in [4.69, 9.17) is 8.83 Å². The van der Waals surface area contributed by atoms with E-state index in [1.807, 2.05) is 0 Å². The van der Waals surface area contributed by atoms with Crippen LogP contribution in [0.4, 0.5) is 34.3 Å². The predicted molar refractivity (Wildman–Crippen MR) is 302 cm³/mol. The fraction of sp³-hybridized carbons (Fsp3) is 0.424. The van der Waals surface area contributed by atoms with E-state index in [0.717, 1.165) is 71.2 Å². The summed E-state index contributed by atoms with van der Waals surface area (Å²) < 4.78 is 14.4. The zero-order valence-corrected chi connectivity index (χ0v) is 45.3. The molecule has 0 bridgehead atoms. The molecular weight excluding hydrogens is 864 g/mol. The number of hydrogen-bond acceptors (Lipinski definition) is 4. The molecule has 0 atom stereocenters. The Kier molecular flexibility index (Phi) is 8.97. The molecule has 362 valence electrons. The summed E-state index contributed by atoms with van der Waals surface area (Å²) in [4.78, 5) is 5.23. The summed E-state index contributed by atoms with van der Waals surface area (Å²) in [6, 6.07) is 38.2. The number of hydrogen-bond donors (Lipinski definition) is 0. The van der Waals surface area contributed by atoms with Crippen molar-refractivity contribution >= 4 is 90.3 Å². The Balaban J connectivity index is 1.22. The standard InChI is InChI=1S/C66H73BN2O2/c1-60(2,3)38-31-51-58-52(32-38)69(49-20-18-22-54-56(49)40-19-16-17-21-53(40)70-54)50-36-46-45(64(10,11)28-29-65(46,12)13)35-48(50)67(58)57-41-34-44-47(66(14,15)30-27-63(44,8)9)37-55(41)71-59(57)68(51)39-23-24-42-43(33-39)62(6,7)26-25-61(42,4)5/h16-24,31-37H,25-30H2,1-15H3. The highest BCUT2D eigenvalue weighted by Gasteiger charge is 2.50. The first-order chi connectivity index (χ1) is 33.3. The quantitative estimate of drug-likeness (QED) is 0.162. The minimum Gasteiger partial charge on any atom is -0.456 e. The Labute approximate surface area is 423 Å². The Hall–Kier alpha value is -5.68. The lowest BCUT2D eigenvalue weighted by Gasteiger charge is -2.47. The third kappa shape index (κ3) is 6.29. The molecule has 4 heterocycles. The largest absolute Gasteiger partial charge is 0.456 e. The van der Waals surface area contributed by atoms with Crippen LogP contribution in [-0.2, 0) is 37.9 Å². The highest BCUT2D eigenvalue weighted by atomic mass is 16.4. The maximum atomic E-state index is 7.71. The molecule has 4 nitrogen and oxygen atoms in total. The summed E-state index contributed by atoms with van der Waals surface area (Å²) in [7, 11) is 0. The molecule has 8 aromatic rings. The molecule has 0 saturated heterocycles. The van der Waals surface area contributed by atoms with Gasteiger partial charge in [-0.25, -0.2) is 0 Å². The minimum atomic E-state index is -0.166. The van der Waals surface area contributed by atoms with Crippen LogP contribution in [0, 0.1) is 0 Å². The van der Waals surface area contributed by atoms with Gasteiger partial charge in [-0.15, -0.1) is 0 Å². The van der Waals surface area contributed by atoms with Crippen LogP contribution in [0.5, 0.6) is 0 Å². The lowest BCUT2D eigenvalue weighted by molar-refractivity contribution is 0.332. The van der Waals surface area contributed by atoms with E-state index in [-0.39, 0.29) is 44.6 Å². The first kappa shape index (κ1) is 45.2. The summed E-state index contributed by atoms with van der Waals surface area (Å²) in [6.45, 7) is 36.6. The highest BCUT2D eigenvalue weighted by molar-refractivity contribution is 7.01. The maximum Gasteiger partial charge on any atom is 0.257 e. The predicted octanol–water partition coefficient (Wildman–Crippen LogP) is 16.8. The zero-order chi connectivity index (χ0) is 49.9. The SMILES string of the molecule is CC(C)(C)c1cc2c3c(c1)N(c1cccc4oc5ccccc5c14)c1cc4c(cc1B3c1c(oc3cc5c(cc13)C(C)(C)CCC5(C)C)N2c1ccc2c(c1)C(C)(C)CCC2(C)C)C(C)(C)CCC4(C)C. The van der Waals surface area contributed by atoms with Crippen LogP contribution in [0.3, 0.4) is 0 Å². The molecule has 13 rings (SSSR count). The van der Waals surface area contributed by atoms with Crippen molar-refractivity contribution in [1.82, 2.24) is 0 Å². The van der Waals surface area contributed by atoms with E-state index in [0.29, 0.717) is 0 Å². The average molecular weight is 937 g/mol. The Morgan fingerprint density at radius 2 is 0.958 bits per heavy atom. The number of benzene rings is 6. The maximum absolute atomic E-state index is 7.71. The fourth-order valence-electron chi connectivity index (χ4n) is 14.2. The van der Waals surface area contributed by atoms with Crippen LogP contribution in [0.25, 0.3) is 32.9 Å². The summed E-state index contributed by atoms with van der Waals surface area (Å²) in [5.41, 5.74) is 22.9. The Bertz CT molecular complexity index is 3620. The van der Waals surface area contributed by atoms with E-state index in [1.54, 1.807) is 0 Å². The van der Waals surface area contributed by atoms with Crippen LogP contribution >= 0.6 is 0 Å². The number of fused-ring (bicyclic) bond motifs is 12. The molecule has 0 N–H and O–H groups in total. The van der Waals surface area contributed by atoms with E-state index < -0.39 is 0 Å². The van der Waals surface area contributed by atoms with E-state index in [1.165, 1.54) is 89.9 Å². The molecule has 0 amide bonds. The molecule has 0 spiro atoms. The van der Waals surface area contributed by atoms with E-state index >= 15 is 0 Å². The molecule has 2 aliphatic heterocycles. The van der Waals surface area contributed by atoms with Gasteiger partial charge in [-0.05, 0) is 187 Å². The summed E-state index contributed by atoms with van der Waals surface area (Å²) in [6.07, 6.45) is 6.92. The smallest absolute Gasteiger partial charge is 0.257 e. The third-order valence-corrected chi connectivity index (χ3v) is 19.2. The minimum absolute atomic E-state index is 0.00168. The van der Waals surface area contributed by atoms with Gasteiger partial charge in [0.05, 0.1) is 11.1 Å². The van der Waals surface area contributed by atoms with Gasteiger partial charge in [-0.1, -0.05) is 140 Å². The monoisotopic (exact) mass is 937 g/mol. The van der Waals surface area contributed by atoms with Gasteiger partial charge < -0.3 is 13.7 Å². The van der Waals surface area contributed by atoms with Gasteiger partial charge in [0.1, 0.15) is 16.7 Å². The summed E-state index contributed by atoms with van der Waals surface area (Å²) in [5.74, 6) is 0.958. The van der Waals surface area contributed by atoms with Crippen molar-refractivity contribution in [2.24, 2.45) is 0 Å². The van der Waals surface area contributed by atoms with Crippen LogP contribution in [0.2, 0.25) is 0 Å². The van der Waals surface area contributed by atoms with Gasteiger partial charge in [0.25, 0.3) is 6.71 Å². The molecule has 0 fully saturated rings. The van der Waals surface area contributed by atoms with Gasteiger partial charge in [-0.2, -0.15) is 0 Å². The molecule has 71 heavy (non-hydrogen) atoms. The highest BCUT2D eigenvalue weighted by Crippen LogP contribution is 2.55. The second-order valence-corrected chi connectivity index (χ2v) is 27.7. The zero-order valence-electron chi connectivity index (χ0n) is 45.3. The lowest BCUT2D eigenvalue weighted by atomic mass is 9.33. The van der Waals surface area contributed by atoms with E-state index in [2.05, 4.69) is 211 Å². The van der Waals surface area contributed by atoms with Crippen molar-refractivity contribution in [3.05, 3.63) is 136 Å². The van der Waals surface area contributed by atoms with Gasteiger partial charge in [-0.3, -0.25) is 4.90 Å². The molecule has 6 aromatic carbocycles. The van der Waals surface area contributed by atoms with Crippen LogP contribution in [0.15, 0.2) is 106 Å². The number of rotatable bonds is 2. The number of furan rings is 2. The van der Waals surface area contributed by atoms with Crippen LogP contribution in [-0.4, -0.2) is 6.71 Å². The van der Waals surface area contributed by atoms with Crippen molar-refractivity contribution in [2.45, 2.75) is 180 Å². The molecule has 3 aliphatic carbocycles. The first-order valence-electron chi connectivity index (χ1n) is 26.9. The first-order valence-corrected chi connectivity index (χ1v) is 26.9. The van der Waals surface area contributed by atoms with Crippen LogP contribution in [0.1, 0.15) is 181 Å². The third-order valence-electron chi connectivity index (χ3n) is 19.2. The van der Waals surface area contributed by atoms with Crippen molar-refractivity contribution < 1.29 is 8.83 Å². The Morgan fingerprint density at radius 3 is 1.59 bits per heavy atom. The topological polar surface area (TPSA) is 32.8 Å². The molecular formula is C66H73BN2O2. The molecule has 0 saturated carbocycles. The van der Waals surface area contributed by atoms with Gasteiger partial charge in [0.15, 0.2) is 0 Å². The van der Waals surface area contributed by atoms with Gasteiger partial charge in [0.2, 0.25) is 5.88 Å². The van der Waals surface area contributed by atoms with Crippen LogP contribution < -0.4 is 26.2 Å². The van der Waals surface area contributed by atoms with Gasteiger partial charge >= 0.3 is 0 Å². The number of anilines is 6. The molecule has 5 aliphatic rings. The van der Waals surface area contributed by atoms with Gasteiger partial charge in [0, 0.05) is 39.0 Å². The lowest BCUT2D eigenvalue weighted by Crippen LogP contribution is -2.61. The van der Waals surface area contributed by atoms with Crippen molar-refractivity contribution in [1.29, 1.82) is 0 Å². The van der Waals surface area contributed by atoms with Crippen molar-refractivity contribution in [3.8, 4) is 0 Å². The Morgan fingerprint density at radius 1 is 0.423 bits per heavy atom. The second kappa shape index (κ2) is 14.1. The summed E-state index contributed by atoms with van der Waals surface area (Å²) in [5, 5.41) is 3.54. The van der Waals surface area contributed by atoms with E-state index in [9.17, 15) is 0 Å². The molecule has 2 aromatic heterocycles. The normalized spacial score (nSPS) is 20.6. The number of nitrogens with zero attached hydrogens (tertiary/aromatic N) is 2. The van der Waals surface area contributed by atoms with Crippen molar-refractivity contribution in [2.75, 3.05) is 9.80 Å². The fourth-order valence-corrected chi connectivity index (χ4v) is 14.2.